The van der Waals surface area contributed by atoms with E-state index >= 15 is 0 Å². The lowest BCUT2D eigenvalue weighted by Crippen LogP contribution is -2.46. The third-order valence-electron chi connectivity index (χ3n) is 3.23. The maximum Gasteiger partial charge on any atom is 0.250 e. The van der Waals surface area contributed by atoms with E-state index < -0.39 is 22.2 Å². The Bertz CT molecular complexity index is 591. The van der Waals surface area contributed by atoms with Gasteiger partial charge in [-0.05, 0) is 31.9 Å². The van der Waals surface area contributed by atoms with Crippen molar-refractivity contribution in [3.63, 3.8) is 0 Å². The maximum absolute atomic E-state index is 12.4. The topological polar surface area (TPSA) is 66.4 Å². The minimum atomic E-state index is -3.68. The highest BCUT2D eigenvalue weighted by Gasteiger charge is 2.29. The number of rotatable bonds is 7. The number of halogens is 1. The van der Waals surface area contributed by atoms with Crippen LogP contribution < -0.4 is 4.72 Å². The Morgan fingerprint density at radius 2 is 2.10 bits per heavy atom. The summed E-state index contributed by atoms with van der Waals surface area (Å²) in [5.74, 6) is 0.000749. The lowest BCUT2D eigenvalue weighted by molar-refractivity contribution is 0.152. The summed E-state index contributed by atoms with van der Waals surface area (Å²) in [5.41, 5.74) is 0.939. The van der Waals surface area contributed by atoms with E-state index in [4.69, 9.17) is 11.6 Å². The zero-order chi connectivity index (χ0) is 16.2. The largest absolute Gasteiger partial charge is 0.387 e. The van der Waals surface area contributed by atoms with Crippen LogP contribution in [-0.2, 0) is 10.0 Å². The molecule has 0 aromatic carbocycles. The number of sulfonamides is 1. The summed E-state index contributed by atoms with van der Waals surface area (Å²) in [5, 5.41) is 10.3. The van der Waals surface area contributed by atoms with E-state index in [2.05, 4.69) is 4.72 Å². The van der Waals surface area contributed by atoms with Crippen LogP contribution in [-0.4, -0.2) is 25.7 Å². The molecule has 1 heterocycles. The van der Waals surface area contributed by atoms with Crippen LogP contribution in [0.4, 0.5) is 0 Å². The first kappa shape index (κ1) is 18.6. The second kappa shape index (κ2) is 7.74. The van der Waals surface area contributed by atoms with Crippen molar-refractivity contribution in [2.24, 2.45) is 5.92 Å². The van der Waals surface area contributed by atoms with Gasteiger partial charge in [-0.2, -0.15) is 0 Å². The molecule has 0 fully saturated rings. The van der Waals surface area contributed by atoms with Gasteiger partial charge in [0.05, 0.1) is 16.5 Å². The van der Waals surface area contributed by atoms with Gasteiger partial charge in [-0.3, -0.25) is 0 Å². The lowest BCUT2D eigenvalue weighted by Gasteiger charge is -2.27. The van der Waals surface area contributed by atoms with Crippen LogP contribution >= 0.6 is 22.9 Å². The van der Waals surface area contributed by atoms with Crippen molar-refractivity contribution in [2.45, 2.75) is 50.5 Å². The summed E-state index contributed by atoms with van der Waals surface area (Å²) < 4.78 is 27.9. The highest BCUT2D eigenvalue weighted by molar-refractivity contribution is 7.91. The van der Waals surface area contributed by atoms with Crippen molar-refractivity contribution in [1.29, 1.82) is 0 Å². The van der Waals surface area contributed by atoms with Crippen molar-refractivity contribution < 1.29 is 13.5 Å². The van der Waals surface area contributed by atoms with Crippen LogP contribution in [0.3, 0.4) is 0 Å². The fourth-order valence-corrected chi connectivity index (χ4v) is 4.76. The van der Waals surface area contributed by atoms with Gasteiger partial charge in [0.15, 0.2) is 0 Å². The number of nitrogens with one attached hydrogen (secondary N) is 1. The Hall–Kier alpha value is -0.400. The molecule has 4 nitrogen and oxygen atoms in total. The standard InChI is InChI=1S/C14H22ClNO3S2/c1-5-10(4)14(11(17)8-9(2)3)16-21(18,19)13-7-6-12(15)20-13/h6-8,10-11,14,16-17H,5H2,1-4H3/t10-,11?,14?/m0/s1. The molecule has 21 heavy (non-hydrogen) atoms. The molecule has 0 saturated heterocycles. The van der Waals surface area contributed by atoms with Crippen LogP contribution in [0.2, 0.25) is 4.34 Å². The van der Waals surface area contributed by atoms with E-state index in [1.807, 2.05) is 27.7 Å². The van der Waals surface area contributed by atoms with Crippen LogP contribution in [0.25, 0.3) is 0 Å². The van der Waals surface area contributed by atoms with Gasteiger partial charge in [0.25, 0.3) is 0 Å². The Morgan fingerprint density at radius 1 is 1.48 bits per heavy atom. The predicted molar refractivity (Wildman–Crippen MR) is 88.3 cm³/mol. The zero-order valence-corrected chi connectivity index (χ0v) is 15.0. The van der Waals surface area contributed by atoms with Crippen molar-refractivity contribution >= 4 is 33.0 Å². The highest BCUT2D eigenvalue weighted by Crippen LogP contribution is 2.26. The molecule has 0 amide bonds. The molecule has 0 aliphatic carbocycles. The lowest BCUT2D eigenvalue weighted by atomic mass is 9.94. The van der Waals surface area contributed by atoms with Gasteiger partial charge >= 0.3 is 0 Å². The van der Waals surface area contributed by atoms with E-state index in [0.717, 1.165) is 23.3 Å². The van der Waals surface area contributed by atoms with E-state index in [1.54, 1.807) is 12.1 Å². The average Bonchev–Trinajstić information content (AvgIpc) is 2.81. The van der Waals surface area contributed by atoms with Crippen molar-refractivity contribution in [3.05, 3.63) is 28.1 Å². The zero-order valence-electron chi connectivity index (χ0n) is 12.6. The number of aliphatic hydroxyl groups excluding tert-OH is 1. The quantitative estimate of drug-likeness (QED) is 0.739. The molecule has 0 radical (unpaired) electrons. The number of aliphatic hydroxyl groups is 1. The highest BCUT2D eigenvalue weighted by atomic mass is 35.5. The number of allylic oxidation sites excluding steroid dienone is 1. The summed E-state index contributed by atoms with van der Waals surface area (Å²) in [4.78, 5) is 0. The molecule has 1 rings (SSSR count). The van der Waals surface area contributed by atoms with Gasteiger partial charge in [-0.25, -0.2) is 13.1 Å². The van der Waals surface area contributed by atoms with Crippen LogP contribution in [0, 0.1) is 5.92 Å². The van der Waals surface area contributed by atoms with Gasteiger partial charge < -0.3 is 5.11 Å². The SMILES string of the molecule is CC[C@H](C)C(NS(=O)(=O)c1ccc(Cl)s1)C(O)C=C(C)C. The molecule has 0 saturated carbocycles. The minimum Gasteiger partial charge on any atom is -0.387 e. The summed E-state index contributed by atoms with van der Waals surface area (Å²) in [6.45, 7) is 7.61. The Balaban J connectivity index is 3.03. The molecule has 0 aliphatic heterocycles. The van der Waals surface area contributed by atoms with Crippen LogP contribution in [0.5, 0.6) is 0 Å². The first-order valence-corrected chi connectivity index (χ1v) is 9.46. The van der Waals surface area contributed by atoms with E-state index in [-0.39, 0.29) is 10.1 Å². The molecule has 3 atom stereocenters. The van der Waals surface area contributed by atoms with Gasteiger partial charge in [0.1, 0.15) is 4.21 Å². The minimum absolute atomic E-state index is 0.000749. The number of hydrogen-bond acceptors (Lipinski definition) is 4. The predicted octanol–water partition coefficient (Wildman–Crippen LogP) is 3.42. The first-order chi connectivity index (χ1) is 9.67. The summed E-state index contributed by atoms with van der Waals surface area (Å²) in [6, 6.07) is 2.44. The normalized spacial score (nSPS) is 16.3. The van der Waals surface area contributed by atoms with Gasteiger partial charge in [-0.1, -0.05) is 43.5 Å². The molecular weight excluding hydrogens is 330 g/mol. The molecule has 0 spiro atoms. The molecular formula is C14H22ClNO3S2. The molecule has 2 unspecified atom stereocenters. The first-order valence-electron chi connectivity index (χ1n) is 6.78. The van der Waals surface area contributed by atoms with Gasteiger partial charge in [-0.15, -0.1) is 11.3 Å². The van der Waals surface area contributed by atoms with Crippen LogP contribution in [0.1, 0.15) is 34.1 Å². The molecule has 0 bridgehead atoms. The molecule has 0 aliphatic rings. The molecule has 7 heteroatoms. The van der Waals surface area contributed by atoms with E-state index in [0.29, 0.717) is 4.34 Å². The molecule has 2 N–H and O–H groups in total. The Labute approximate surface area is 135 Å². The fourth-order valence-electron chi connectivity index (χ4n) is 1.90. The number of thiophene rings is 1. The van der Waals surface area contributed by atoms with Crippen LogP contribution in [0.15, 0.2) is 28.0 Å². The number of hydrogen-bond donors (Lipinski definition) is 2. The van der Waals surface area contributed by atoms with Crippen molar-refractivity contribution in [1.82, 2.24) is 4.72 Å². The smallest absolute Gasteiger partial charge is 0.250 e. The second-order valence-corrected chi connectivity index (χ2v) is 8.98. The summed E-state index contributed by atoms with van der Waals surface area (Å²) in [6.07, 6.45) is 1.56. The monoisotopic (exact) mass is 351 g/mol. The second-order valence-electron chi connectivity index (χ2n) is 5.33. The van der Waals surface area contributed by atoms with E-state index in [1.165, 1.54) is 6.07 Å². The van der Waals surface area contributed by atoms with Gasteiger partial charge in [0.2, 0.25) is 10.0 Å². The van der Waals surface area contributed by atoms with Crippen molar-refractivity contribution in [2.75, 3.05) is 0 Å². The molecule has 1 aromatic heterocycles. The Kier molecular flexibility index (Phi) is 6.87. The Morgan fingerprint density at radius 3 is 2.52 bits per heavy atom. The molecule has 120 valence electrons. The van der Waals surface area contributed by atoms with E-state index in [9.17, 15) is 13.5 Å². The summed E-state index contributed by atoms with van der Waals surface area (Å²) >= 11 is 6.79. The van der Waals surface area contributed by atoms with Gasteiger partial charge in [0, 0.05) is 0 Å². The average molecular weight is 352 g/mol. The van der Waals surface area contributed by atoms with Crippen molar-refractivity contribution in [3.8, 4) is 0 Å². The molecule has 1 aromatic rings. The third-order valence-corrected chi connectivity index (χ3v) is 6.42. The summed E-state index contributed by atoms with van der Waals surface area (Å²) in [7, 11) is -3.68. The maximum atomic E-state index is 12.4. The fraction of sp³-hybridized carbons (Fsp3) is 0.571. The third kappa shape index (κ3) is 5.38.